The smallest absolute Gasteiger partial charge is 0.164 e. The molecule has 0 unspecified atom stereocenters. The summed E-state index contributed by atoms with van der Waals surface area (Å²) >= 11 is 0. The Morgan fingerprint density at radius 1 is 1.05 bits per heavy atom. The SMILES string of the molecule is C/C=C\C(Oc1ccccc1N)=C(/C)OCc1ccccc1. The lowest BCUT2D eigenvalue weighted by molar-refractivity contribution is 0.186. The minimum Gasteiger partial charge on any atom is -0.490 e. The number of rotatable bonds is 6. The van der Waals surface area contributed by atoms with E-state index in [1.54, 1.807) is 0 Å². The van der Waals surface area contributed by atoms with E-state index in [2.05, 4.69) is 0 Å². The molecule has 2 aromatic rings. The van der Waals surface area contributed by atoms with Crippen LogP contribution in [0.3, 0.4) is 0 Å². The fourth-order valence-electron chi connectivity index (χ4n) is 1.90. The van der Waals surface area contributed by atoms with Gasteiger partial charge in [-0.2, -0.15) is 0 Å². The summed E-state index contributed by atoms with van der Waals surface area (Å²) in [7, 11) is 0. The van der Waals surface area contributed by atoms with Gasteiger partial charge in [0.05, 0.1) is 5.69 Å². The second-order valence-corrected chi connectivity index (χ2v) is 4.83. The number of nitrogens with two attached hydrogens (primary N) is 1. The van der Waals surface area contributed by atoms with Crippen LogP contribution in [0.5, 0.6) is 5.75 Å². The van der Waals surface area contributed by atoms with Crippen LogP contribution in [-0.4, -0.2) is 0 Å². The zero-order valence-electron chi connectivity index (χ0n) is 13.0. The highest BCUT2D eigenvalue weighted by Gasteiger charge is 2.06. The van der Waals surface area contributed by atoms with Crippen LogP contribution in [0.4, 0.5) is 5.69 Å². The van der Waals surface area contributed by atoms with Crippen LogP contribution in [0.15, 0.2) is 78.3 Å². The first-order valence-corrected chi connectivity index (χ1v) is 7.23. The average Bonchev–Trinajstić information content (AvgIpc) is 2.55. The Morgan fingerprint density at radius 3 is 2.41 bits per heavy atom. The maximum Gasteiger partial charge on any atom is 0.164 e. The van der Waals surface area contributed by atoms with Gasteiger partial charge in [-0.05, 0) is 37.6 Å². The molecule has 0 heterocycles. The summed E-state index contributed by atoms with van der Waals surface area (Å²) in [5.74, 6) is 1.99. The molecule has 22 heavy (non-hydrogen) atoms. The van der Waals surface area contributed by atoms with Crippen molar-refractivity contribution in [2.24, 2.45) is 0 Å². The lowest BCUT2D eigenvalue weighted by Gasteiger charge is -2.13. The molecule has 0 aliphatic heterocycles. The van der Waals surface area contributed by atoms with Gasteiger partial charge >= 0.3 is 0 Å². The number of benzene rings is 2. The molecule has 0 fully saturated rings. The first kappa shape index (κ1) is 15.7. The highest BCUT2D eigenvalue weighted by Crippen LogP contribution is 2.24. The summed E-state index contributed by atoms with van der Waals surface area (Å²) in [5.41, 5.74) is 7.63. The van der Waals surface area contributed by atoms with Crippen molar-refractivity contribution in [1.29, 1.82) is 0 Å². The maximum atomic E-state index is 5.92. The van der Waals surface area contributed by atoms with Gasteiger partial charge < -0.3 is 15.2 Å². The van der Waals surface area contributed by atoms with Gasteiger partial charge in [0, 0.05) is 0 Å². The zero-order valence-corrected chi connectivity index (χ0v) is 13.0. The summed E-state index contributed by atoms with van der Waals surface area (Å²) in [6, 6.07) is 17.4. The van der Waals surface area contributed by atoms with Crippen LogP contribution < -0.4 is 10.5 Å². The number of nitrogen functional groups attached to an aromatic ring is 1. The van der Waals surface area contributed by atoms with Crippen molar-refractivity contribution >= 4 is 5.69 Å². The predicted molar refractivity (Wildman–Crippen MR) is 90.2 cm³/mol. The molecule has 0 radical (unpaired) electrons. The topological polar surface area (TPSA) is 44.5 Å². The highest BCUT2D eigenvalue weighted by atomic mass is 16.5. The summed E-state index contributed by atoms with van der Waals surface area (Å²) < 4.78 is 11.7. The monoisotopic (exact) mass is 295 g/mol. The van der Waals surface area contributed by atoms with E-state index in [-0.39, 0.29) is 0 Å². The van der Waals surface area contributed by atoms with Crippen molar-refractivity contribution in [3.05, 3.63) is 83.8 Å². The van der Waals surface area contributed by atoms with Crippen molar-refractivity contribution in [2.75, 3.05) is 5.73 Å². The molecular formula is C19H21NO2. The highest BCUT2D eigenvalue weighted by molar-refractivity contribution is 5.52. The van der Waals surface area contributed by atoms with Crippen LogP contribution in [-0.2, 0) is 11.3 Å². The molecular weight excluding hydrogens is 274 g/mol. The second kappa shape index (κ2) is 7.93. The molecule has 0 spiro atoms. The lowest BCUT2D eigenvalue weighted by Crippen LogP contribution is -2.02. The van der Waals surface area contributed by atoms with Crippen LogP contribution in [0.1, 0.15) is 19.4 Å². The van der Waals surface area contributed by atoms with Gasteiger partial charge in [0.2, 0.25) is 0 Å². The number of para-hydroxylation sites is 2. The van der Waals surface area contributed by atoms with Crippen molar-refractivity contribution in [2.45, 2.75) is 20.5 Å². The van der Waals surface area contributed by atoms with E-state index >= 15 is 0 Å². The Labute approximate surface area is 131 Å². The van der Waals surface area contributed by atoms with Gasteiger partial charge in [-0.15, -0.1) is 0 Å². The van der Waals surface area contributed by atoms with Gasteiger partial charge in [-0.25, -0.2) is 0 Å². The first-order valence-electron chi connectivity index (χ1n) is 7.23. The Morgan fingerprint density at radius 2 is 1.73 bits per heavy atom. The molecule has 114 valence electrons. The third-order valence-electron chi connectivity index (χ3n) is 3.10. The van der Waals surface area contributed by atoms with E-state index in [1.807, 2.05) is 80.6 Å². The van der Waals surface area contributed by atoms with E-state index < -0.39 is 0 Å². The number of anilines is 1. The van der Waals surface area contributed by atoms with Gasteiger partial charge in [0.15, 0.2) is 5.76 Å². The van der Waals surface area contributed by atoms with Gasteiger partial charge in [0.25, 0.3) is 0 Å². The molecule has 0 saturated carbocycles. The van der Waals surface area contributed by atoms with E-state index in [4.69, 9.17) is 15.2 Å². The molecule has 2 rings (SSSR count). The van der Waals surface area contributed by atoms with Crippen molar-refractivity contribution in [1.82, 2.24) is 0 Å². The Kier molecular flexibility index (Phi) is 5.66. The van der Waals surface area contributed by atoms with Crippen LogP contribution >= 0.6 is 0 Å². The molecule has 0 aliphatic rings. The molecule has 0 atom stereocenters. The normalized spacial score (nSPS) is 12.1. The Balaban J connectivity index is 2.13. The fourth-order valence-corrected chi connectivity index (χ4v) is 1.90. The summed E-state index contributed by atoms with van der Waals surface area (Å²) in [6.07, 6.45) is 3.77. The molecule has 0 aromatic heterocycles. The molecule has 0 aliphatic carbocycles. The average molecular weight is 295 g/mol. The van der Waals surface area contributed by atoms with E-state index in [0.29, 0.717) is 29.6 Å². The van der Waals surface area contributed by atoms with Gasteiger partial charge in [0.1, 0.15) is 18.1 Å². The summed E-state index contributed by atoms with van der Waals surface area (Å²) in [6.45, 7) is 4.32. The molecule has 3 heteroatoms. The van der Waals surface area contributed by atoms with Crippen LogP contribution in [0.25, 0.3) is 0 Å². The van der Waals surface area contributed by atoms with Gasteiger partial charge in [-0.1, -0.05) is 48.5 Å². The first-order chi connectivity index (χ1) is 10.7. The standard InChI is InChI=1S/C19H21NO2/c1-3-9-18(22-19-13-8-7-12-17(19)20)15(2)21-14-16-10-5-4-6-11-16/h3-13H,14,20H2,1-2H3/b9-3-,18-15-. The maximum absolute atomic E-state index is 5.92. The Bertz CT molecular complexity index is 660. The van der Waals surface area contributed by atoms with E-state index in [0.717, 1.165) is 5.56 Å². The molecule has 0 bridgehead atoms. The summed E-state index contributed by atoms with van der Waals surface area (Å²) in [5, 5.41) is 0. The van der Waals surface area contributed by atoms with Crippen molar-refractivity contribution in [3.8, 4) is 5.75 Å². The molecule has 0 amide bonds. The molecule has 0 saturated heterocycles. The second-order valence-electron chi connectivity index (χ2n) is 4.83. The minimum atomic E-state index is 0.501. The molecule has 2 aromatic carbocycles. The number of hydrogen-bond donors (Lipinski definition) is 1. The van der Waals surface area contributed by atoms with Crippen molar-refractivity contribution < 1.29 is 9.47 Å². The van der Waals surface area contributed by atoms with Crippen molar-refractivity contribution in [3.63, 3.8) is 0 Å². The quantitative estimate of drug-likeness (QED) is 0.478. The number of ether oxygens (including phenoxy) is 2. The molecule has 3 nitrogen and oxygen atoms in total. The summed E-state index contributed by atoms with van der Waals surface area (Å²) in [4.78, 5) is 0. The largest absolute Gasteiger partial charge is 0.490 e. The van der Waals surface area contributed by atoms with E-state index in [1.165, 1.54) is 0 Å². The third kappa shape index (κ3) is 4.42. The molecule has 2 N–H and O–H groups in total. The fraction of sp³-hybridized carbons (Fsp3) is 0.158. The van der Waals surface area contributed by atoms with E-state index in [9.17, 15) is 0 Å². The van der Waals surface area contributed by atoms with Gasteiger partial charge in [-0.3, -0.25) is 0 Å². The number of allylic oxidation sites excluding steroid dienone is 3. The number of hydrogen-bond acceptors (Lipinski definition) is 3. The predicted octanol–water partition coefficient (Wildman–Crippen LogP) is 4.67. The minimum absolute atomic E-state index is 0.501. The third-order valence-corrected chi connectivity index (χ3v) is 3.10. The Hall–Kier alpha value is -2.68. The van der Waals surface area contributed by atoms with Crippen LogP contribution in [0, 0.1) is 0 Å². The lowest BCUT2D eigenvalue weighted by atomic mass is 10.2. The zero-order chi connectivity index (χ0) is 15.8. The van der Waals surface area contributed by atoms with Crippen LogP contribution in [0.2, 0.25) is 0 Å².